The van der Waals surface area contributed by atoms with Gasteiger partial charge in [-0.2, -0.15) is 17.9 Å². The number of nitrogens with zero attached hydrogens (tertiary/aromatic N) is 1. The predicted octanol–water partition coefficient (Wildman–Crippen LogP) is 1.58. The van der Waals surface area contributed by atoms with E-state index in [4.69, 9.17) is 0 Å². The third kappa shape index (κ3) is 4.74. The number of alkyl halides is 3. The Balaban J connectivity index is 2.18. The SMILES string of the molecule is CNC1CCCN(C(=O)C(C)NS(=O)(=O)c2ccccc2C(F)(F)F)C1. The van der Waals surface area contributed by atoms with Gasteiger partial charge in [-0.05, 0) is 38.9 Å². The van der Waals surface area contributed by atoms with Crippen molar-refractivity contribution in [1.82, 2.24) is 14.9 Å². The summed E-state index contributed by atoms with van der Waals surface area (Å²) in [6, 6.07) is 2.84. The highest BCUT2D eigenvalue weighted by molar-refractivity contribution is 7.89. The number of likely N-dealkylation sites (tertiary alicyclic amines) is 1. The molecule has 0 saturated carbocycles. The van der Waals surface area contributed by atoms with Crippen LogP contribution in [0.4, 0.5) is 13.2 Å². The minimum Gasteiger partial charge on any atom is -0.340 e. The molecule has 2 N–H and O–H groups in total. The fraction of sp³-hybridized carbons (Fsp3) is 0.562. The molecule has 6 nitrogen and oxygen atoms in total. The van der Waals surface area contributed by atoms with Crippen LogP contribution >= 0.6 is 0 Å². The van der Waals surface area contributed by atoms with Crippen molar-refractivity contribution in [2.75, 3.05) is 20.1 Å². The van der Waals surface area contributed by atoms with Crippen molar-refractivity contribution in [3.63, 3.8) is 0 Å². The number of hydrogen-bond acceptors (Lipinski definition) is 4. The Morgan fingerprint density at radius 1 is 1.31 bits per heavy atom. The van der Waals surface area contributed by atoms with Crippen LogP contribution in [-0.2, 0) is 21.0 Å². The quantitative estimate of drug-likeness (QED) is 0.796. The van der Waals surface area contributed by atoms with Crippen molar-refractivity contribution < 1.29 is 26.4 Å². The molecule has 0 radical (unpaired) electrons. The molecule has 1 aliphatic rings. The Morgan fingerprint density at radius 2 is 1.96 bits per heavy atom. The van der Waals surface area contributed by atoms with Crippen molar-refractivity contribution in [3.8, 4) is 0 Å². The third-order valence-corrected chi connectivity index (χ3v) is 5.92. The van der Waals surface area contributed by atoms with E-state index < -0.39 is 38.6 Å². The first-order valence-electron chi connectivity index (χ1n) is 8.21. The number of likely N-dealkylation sites (N-methyl/N-ethyl adjacent to an activating group) is 1. The fourth-order valence-electron chi connectivity index (χ4n) is 2.97. The highest BCUT2D eigenvalue weighted by atomic mass is 32.2. The maximum absolute atomic E-state index is 13.1. The maximum atomic E-state index is 13.1. The van der Waals surface area contributed by atoms with Crippen LogP contribution in [0.1, 0.15) is 25.3 Å². The smallest absolute Gasteiger partial charge is 0.340 e. The molecule has 10 heteroatoms. The third-order valence-electron chi connectivity index (χ3n) is 4.33. The normalized spacial score (nSPS) is 20.0. The molecule has 0 aromatic heterocycles. The lowest BCUT2D eigenvalue weighted by Crippen LogP contribution is -2.53. The number of benzene rings is 1. The van der Waals surface area contributed by atoms with Gasteiger partial charge in [0, 0.05) is 19.1 Å². The second kappa shape index (κ2) is 7.93. The largest absolute Gasteiger partial charge is 0.417 e. The van der Waals surface area contributed by atoms with E-state index >= 15 is 0 Å². The molecule has 146 valence electrons. The van der Waals surface area contributed by atoms with Gasteiger partial charge >= 0.3 is 6.18 Å². The van der Waals surface area contributed by atoms with Crippen molar-refractivity contribution in [2.24, 2.45) is 0 Å². The molecule has 1 aromatic rings. The van der Waals surface area contributed by atoms with Crippen LogP contribution in [0.25, 0.3) is 0 Å². The van der Waals surface area contributed by atoms with Crippen LogP contribution in [0.2, 0.25) is 0 Å². The molecule has 2 unspecified atom stereocenters. The Kier molecular flexibility index (Phi) is 6.30. The molecule has 2 rings (SSSR count). The molecule has 2 atom stereocenters. The second-order valence-electron chi connectivity index (χ2n) is 6.25. The van der Waals surface area contributed by atoms with Crippen molar-refractivity contribution >= 4 is 15.9 Å². The number of piperidine rings is 1. The van der Waals surface area contributed by atoms with E-state index in [1.165, 1.54) is 17.9 Å². The van der Waals surface area contributed by atoms with Gasteiger partial charge in [-0.3, -0.25) is 4.79 Å². The minimum atomic E-state index is -4.81. The molecular weight excluding hydrogens is 371 g/mol. The van der Waals surface area contributed by atoms with E-state index in [0.29, 0.717) is 19.2 Å². The zero-order valence-electron chi connectivity index (χ0n) is 14.5. The first kappa shape index (κ1) is 20.7. The van der Waals surface area contributed by atoms with Gasteiger partial charge in [0.2, 0.25) is 15.9 Å². The highest BCUT2D eigenvalue weighted by Crippen LogP contribution is 2.33. The average Bonchev–Trinajstić information content (AvgIpc) is 2.60. The summed E-state index contributed by atoms with van der Waals surface area (Å²) < 4.78 is 66.1. The van der Waals surface area contributed by atoms with E-state index in [1.807, 2.05) is 0 Å². The molecule has 0 spiro atoms. The van der Waals surface area contributed by atoms with Gasteiger partial charge in [0.05, 0.1) is 16.5 Å². The fourth-order valence-corrected chi connectivity index (χ4v) is 4.39. The minimum absolute atomic E-state index is 0.113. The number of hydrogen-bond donors (Lipinski definition) is 2. The number of amides is 1. The summed E-state index contributed by atoms with van der Waals surface area (Å²) in [4.78, 5) is 13.1. The van der Waals surface area contributed by atoms with Crippen LogP contribution in [0, 0.1) is 0 Å². The maximum Gasteiger partial charge on any atom is 0.417 e. The first-order valence-corrected chi connectivity index (χ1v) is 9.69. The zero-order chi connectivity index (χ0) is 19.5. The van der Waals surface area contributed by atoms with Crippen LogP contribution in [0.3, 0.4) is 0 Å². The summed E-state index contributed by atoms with van der Waals surface area (Å²) in [7, 11) is -2.73. The zero-order valence-corrected chi connectivity index (χ0v) is 15.3. The standard InChI is InChI=1S/C16H22F3N3O3S/c1-11(15(23)22-9-5-6-12(10-22)20-2)21-26(24,25)14-8-4-3-7-13(14)16(17,18)19/h3-4,7-8,11-12,20-21H,5-6,9-10H2,1-2H3. The topological polar surface area (TPSA) is 78.5 Å². The van der Waals surface area contributed by atoms with Gasteiger partial charge in [0.25, 0.3) is 0 Å². The van der Waals surface area contributed by atoms with Crippen molar-refractivity contribution in [3.05, 3.63) is 29.8 Å². The van der Waals surface area contributed by atoms with Gasteiger partial charge in [0.1, 0.15) is 0 Å². The van der Waals surface area contributed by atoms with Gasteiger partial charge in [-0.1, -0.05) is 12.1 Å². The molecule has 0 aliphatic carbocycles. The molecule has 26 heavy (non-hydrogen) atoms. The predicted molar refractivity (Wildman–Crippen MR) is 89.9 cm³/mol. The number of sulfonamides is 1. The number of carbonyl (C=O) groups is 1. The summed E-state index contributed by atoms with van der Waals surface area (Å²) in [5, 5.41) is 3.07. The van der Waals surface area contributed by atoms with E-state index in [-0.39, 0.29) is 6.04 Å². The molecule has 1 fully saturated rings. The van der Waals surface area contributed by atoms with E-state index in [9.17, 15) is 26.4 Å². The number of carbonyl (C=O) groups excluding carboxylic acids is 1. The Hall–Kier alpha value is -1.65. The van der Waals surface area contributed by atoms with Gasteiger partial charge in [-0.25, -0.2) is 8.42 Å². The van der Waals surface area contributed by atoms with E-state index in [2.05, 4.69) is 10.0 Å². The second-order valence-corrected chi connectivity index (χ2v) is 7.93. The summed E-state index contributed by atoms with van der Waals surface area (Å²) >= 11 is 0. The summed E-state index contributed by atoms with van der Waals surface area (Å²) in [5.74, 6) is -0.460. The first-order chi connectivity index (χ1) is 12.1. The lowest BCUT2D eigenvalue weighted by atomic mass is 10.1. The molecule has 1 aliphatic heterocycles. The Labute approximate surface area is 150 Å². The Bertz CT molecular complexity index is 753. The molecular formula is C16H22F3N3O3S. The monoisotopic (exact) mass is 393 g/mol. The molecule has 1 saturated heterocycles. The average molecular weight is 393 g/mol. The van der Waals surface area contributed by atoms with Gasteiger partial charge < -0.3 is 10.2 Å². The van der Waals surface area contributed by atoms with Crippen LogP contribution in [0.15, 0.2) is 29.2 Å². The lowest BCUT2D eigenvalue weighted by Gasteiger charge is -2.34. The van der Waals surface area contributed by atoms with Gasteiger partial charge in [0.15, 0.2) is 0 Å². The molecule has 1 amide bonds. The van der Waals surface area contributed by atoms with Crippen LogP contribution in [-0.4, -0.2) is 51.4 Å². The number of halogens is 3. The lowest BCUT2D eigenvalue weighted by molar-refractivity contribution is -0.139. The van der Waals surface area contributed by atoms with E-state index in [1.54, 1.807) is 7.05 Å². The van der Waals surface area contributed by atoms with Crippen molar-refractivity contribution in [1.29, 1.82) is 0 Å². The number of rotatable bonds is 5. The van der Waals surface area contributed by atoms with E-state index in [0.717, 1.165) is 25.0 Å². The Morgan fingerprint density at radius 3 is 2.58 bits per heavy atom. The molecule has 1 heterocycles. The van der Waals surface area contributed by atoms with Crippen LogP contribution in [0.5, 0.6) is 0 Å². The molecule has 0 bridgehead atoms. The van der Waals surface area contributed by atoms with Gasteiger partial charge in [-0.15, -0.1) is 0 Å². The van der Waals surface area contributed by atoms with Crippen molar-refractivity contribution in [2.45, 2.75) is 42.9 Å². The highest BCUT2D eigenvalue weighted by Gasteiger charge is 2.38. The summed E-state index contributed by atoms with van der Waals surface area (Å²) in [6.45, 7) is 2.25. The molecule has 1 aromatic carbocycles. The summed E-state index contributed by atoms with van der Waals surface area (Å²) in [5.41, 5.74) is -1.26. The van der Waals surface area contributed by atoms with Crippen LogP contribution < -0.4 is 10.0 Å². The number of nitrogens with one attached hydrogen (secondary N) is 2. The summed E-state index contributed by atoms with van der Waals surface area (Å²) in [6.07, 6.45) is -3.14.